The molecule has 0 fully saturated rings. The van der Waals surface area contributed by atoms with Crippen LogP contribution in [0.3, 0.4) is 0 Å². The number of nitrogens with zero attached hydrogens (tertiary/aromatic N) is 3. The summed E-state index contributed by atoms with van der Waals surface area (Å²) in [6, 6.07) is 7.47. The van der Waals surface area contributed by atoms with Crippen molar-refractivity contribution < 1.29 is 9.66 Å². The predicted octanol–water partition coefficient (Wildman–Crippen LogP) is 2.30. The first-order valence-electron chi connectivity index (χ1n) is 6.71. The standard InChI is InChI=1S/C14H16N4O3/c1-8-7-21-11-6-4-3-5-10(11)12(8)17-14(15)13(18(19)20)9(2)16-17/h3-6,8,12H,7,15H2,1-2H3. The van der Waals surface area contributed by atoms with Gasteiger partial charge in [-0.15, -0.1) is 0 Å². The average Bonchev–Trinajstić information content (AvgIpc) is 2.73. The van der Waals surface area contributed by atoms with Gasteiger partial charge < -0.3 is 10.5 Å². The van der Waals surface area contributed by atoms with Crippen LogP contribution < -0.4 is 10.5 Å². The van der Waals surface area contributed by atoms with Crippen molar-refractivity contribution in [2.45, 2.75) is 19.9 Å². The Bertz CT molecular complexity index is 710. The van der Waals surface area contributed by atoms with Crippen LogP contribution in [0.25, 0.3) is 0 Å². The number of aromatic nitrogens is 2. The number of ether oxygens (including phenoxy) is 1. The van der Waals surface area contributed by atoms with Crippen molar-refractivity contribution in [3.05, 3.63) is 45.6 Å². The Labute approximate surface area is 121 Å². The highest BCUT2D eigenvalue weighted by atomic mass is 16.6. The fraction of sp³-hybridized carbons (Fsp3) is 0.357. The van der Waals surface area contributed by atoms with E-state index in [0.29, 0.717) is 12.3 Å². The van der Waals surface area contributed by atoms with Crippen molar-refractivity contribution >= 4 is 11.5 Å². The maximum absolute atomic E-state index is 11.1. The molecule has 0 spiro atoms. The minimum absolute atomic E-state index is 0.0889. The Morgan fingerprint density at radius 1 is 1.48 bits per heavy atom. The highest BCUT2D eigenvalue weighted by molar-refractivity contribution is 5.57. The summed E-state index contributed by atoms with van der Waals surface area (Å²) in [6.45, 7) is 4.14. The summed E-state index contributed by atoms with van der Waals surface area (Å²) in [6.07, 6.45) is 0. The van der Waals surface area contributed by atoms with Crippen molar-refractivity contribution in [1.29, 1.82) is 0 Å². The molecule has 2 atom stereocenters. The van der Waals surface area contributed by atoms with E-state index >= 15 is 0 Å². The van der Waals surface area contributed by atoms with Gasteiger partial charge in [0.1, 0.15) is 11.4 Å². The number of nitrogens with two attached hydrogens (primary N) is 1. The lowest BCUT2D eigenvalue weighted by Crippen LogP contribution is -2.30. The molecule has 0 saturated heterocycles. The molecule has 7 nitrogen and oxygen atoms in total. The van der Waals surface area contributed by atoms with Crippen LogP contribution in [0.1, 0.15) is 24.2 Å². The zero-order valence-electron chi connectivity index (χ0n) is 11.8. The van der Waals surface area contributed by atoms with Crippen molar-refractivity contribution in [2.75, 3.05) is 12.3 Å². The summed E-state index contributed by atoms with van der Waals surface area (Å²) in [5, 5.41) is 15.4. The molecule has 7 heteroatoms. The van der Waals surface area contributed by atoms with Gasteiger partial charge in [-0.3, -0.25) is 10.1 Å². The minimum Gasteiger partial charge on any atom is -0.493 e. The molecular formula is C14H16N4O3. The molecule has 0 saturated carbocycles. The number of hydrogen-bond donors (Lipinski definition) is 1. The van der Waals surface area contributed by atoms with Gasteiger partial charge in [0, 0.05) is 11.5 Å². The number of hydrogen-bond acceptors (Lipinski definition) is 5. The number of fused-ring (bicyclic) bond motifs is 1. The molecule has 21 heavy (non-hydrogen) atoms. The molecule has 0 bridgehead atoms. The van der Waals surface area contributed by atoms with E-state index in [4.69, 9.17) is 10.5 Å². The van der Waals surface area contributed by atoms with Crippen molar-refractivity contribution in [1.82, 2.24) is 9.78 Å². The van der Waals surface area contributed by atoms with Crippen molar-refractivity contribution in [3.8, 4) is 5.75 Å². The molecule has 2 heterocycles. The van der Waals surface area contributed by atoms with Crippen molar-refractivity contribution in [2.24, 2.45) is 5.92 Å². The molecule has 3 rings (SSSR count). The molecule has 2 unspecified atom stereocenters. The van der Waals surface area contributed by atoms with Crippen molar-refractivity contribution in [3.63, 3.8) is 0 Å². The van der Waals surface area contributed by atoms with Gasteiger partial charge in [0.25, 0.3) is 0 Å². The van der Waals surface area contributed by atoms with E-state index in [-0.39, 0.29) is 23.5 Å². The van der Waals surface area contributed by atoms with Crippen LogP contribution in [0.5, 0.6) is 5.75 Å². The number of rotatable bonds is 2. The molecule has 0 amide bonds. The monoisotopic (exact) mass is 288 g/mol. The number of nitrogen functional groups attached to an aromatic ring is 1. The molecule has 1 aromatic heterocycles. The molecular weight excluding hydrogens is 272 g/mol. The molecule has 2 N–H and O–H groups in total. The van der Waals surface area contributed by atoms with E-state index in [9.17, 15) is 10.1 Å². The molecule has 1 aliphatic heterocycles. The lowest BCUT2D eigenvalue weighted by atomic mass is 9.92. The summed E-state index contributed by atoms with van der Waals surface area (Å²) in [7, 11) is 0. The molecule has 2 aromatic rings. The predicted molar refractivity (Wildman–Crippen MR) is 77.3 cm³/mol. The summed E-state index contributed by atoms with van der Waals surface area (Å²) >= 11 is 0. The summed E-state index contributed by atoms with van der Waals surface area (Å²) in [5.41, 5.74) is 7.13. The normalized spacial score (nSPS) is 20.7. The number of anilines is 1. The van der Waals surface area contributed by atoms with Gasteiger partial charge in [-0.1, -0.05) is 25.1 Å². The first-order valence-corrected chi connectivity index (χ1v) is 6.71. The zero-order valence-corrected chi connectivity index (χ0v) is 11.8. The lowest BCUT2D eigenvalue weighted by Gasteiger charge is -2.31. The number of nitro groups is 1. The Morgan fingerprint density at radius 2 is 2.19 bits per heavy atom. The van der Waals surface area contributed by atoms with Crippen LogP contribution >= 0.6 is 0 Å². The Kier molecular flexibility index (Phi) is 3.04. The second kappa shape index (κ2) is 4.76. The van der Waals surface area contributed by atoms with Gasteiger partial charge in [-0.2, -0.15) is 5.10 Å². The lowest BCUT2D eigenvalue weighted by molar-refractivity contribution is -0.384. The quantitative estimate of drug-likeness (QED) is 0.675. The maximum atomic E-state index is 11.1. The van der Waals surface area contributed by atoms with E-state index in [1.807, 2.05) is 31.2 Å². The Balaban J connectivity index is 2.17. The van der Waals surface area contributed by atoms with Gasteiger partial charge in [0.2, 0.25) is 5.82 Å². The fourth-order valence-corrected chi connectivity index (χ4v) is 2.84. The summed E-state index contributed by atoms with van der Waals surface area (Å²) in [5.74, 6) is 0.975. The fourth-order valence-electron chi connectivity index (χ4n) is 2.84. The molecule has 110 valence electrons. The van der Waals surface area contributed by atoms with E-state index in [2.05, 4.69) is 5.10 Å². The van der Waals surface area contributed by atoms with E-state index in [1.165, 1.54) is 0 Å². The number of aryl methyl sites for hydroxylation is 1. The van der Waals surface area contributed by atoms with E-state index in [0.717, 1.165) is 11.3 Å². The Hall–Kier alpha value is -2.57. The first kappa shape index (κ1) is 13.4. The Morgan fingerprint density at radius 3 is 2.86 bits per heavy atom. The first-order chi connectivity index (χ1) is 10.0. The maximum Gasteiger partial charge on any atom is 0.333 e. The molecule has 0 aliphatic carbocycles. The second-order valence-electron chi connectivity index (χ2n) is 5.29. The van der Waals surface area contributed by atoms with Gasteiger partial charge in [-0.25, -0.2) is 4.68 Å². The van der Waals surface area contributed by atoms with Gasteiger partial charge in [0.15, 0.2) is 0 Å². The molecule has 1 aliphatic rings. The smallest absolute Gasteiger partial charge is 0.333 e. The molecule has 0 radical (unpaired) electrons. The summed E-state index contributed by atoms with van der Waals surface area (Å²) in [4.78, 5) is 10.6. The molecule has 1 aromatic carbocycles. The third-order valence-electron chi connectivity index (χ3n) is 3.81. The minimum atomic E-state index is -0.482. The van der Waals surface area contributed by atoms with Crippen LogP contribution in [0.15, 0.2) is 24.3 Å². The number of para-hydroxylation sites is 1. The van der Waals surface area contributed by atoms with Crippen LogP contribution in [0.2, 0.25) is 0 Å². The van der Waals surface area contributed by atoms with Crippen LogP contribution in [0.4, 0.5) is 11.5 Å². The second-order valence-corrected chi connectivity index (χ2v) is 5.29. The van der Waals surface area contributed by atoms with Gasteiger partial charge >= 0.3 is 5.69 Å². The largest absolute Gasteiger partial charge is 0.493 e. The summed E-state index contributed by atoms with van der Waals surface area (Å²) < 4.78 is 7.25. The average molecular weight is 288 g/mol. The van der Waals surface area contributed by atoms with E-state index in [1.54, 1.807) is 11.6 Å². The van der Waals surface area contributed by atoms with Crippen LogP contribution in [-0.2, 0) is 0 Å². The third kappa shape index (κ3) is 2.01. The van der Waals surface area contributed by atoms with Gasteiger partial charge in [-0.05, 0) is 13.0 Å². The zero-order chi connectivity index (χ0) is 15.1. The van der Waals surface area contributed by atoms with Crippen LogP contribution in [0, 0.1) is 23.0 Å². The highest BCUT2D eigenvalue weighted by Crippen LogP contribution is 2.40. The van der Waals surface area contributed by atoms with Crippen LogP contribution in [-0.4, -0.2) is 21.3 Å². The SMILES string of the molecule is Cc1nn(C2c3ccccc3OCC2C)c(N)c1[N+](=O)[O-]. The number of benzene rings is 1. The third-order valence-corrected chi connectivity index (χ3v) is 3.81. The van der Waals surface area contributed by atoms with Gasteiger partial charge in [0.05, 0.1) is 17.6 Å². The van der Waals surface area contributed by atoms with E-state index < -0.39 is 4.92 Å². The highest BCUT2D eigenvalue weighted by Gasteiger charge is 2.34. The topological polar surface area (TPSA) is 96.2 Å².